The Kier molecular flexibility index (Phi) is 3.35. The number of hydrogen-bond acceptors (Lipinski definition) is 2. The van der Waals surface area contributed by atoms with E-state index in [-0.39, 0.29) is 6.04 Å². The Bertz CT molecular complexity index is 399. The summed E-state index contributed by atoms with van der Waals surface area (Å²) in [5.41, 5.74) is -0.846. The monoisotopic (exact) mass is 249 g/mol. The van der Waals surface area contributed by atoms with Crippen LogP contribution >= 0.6 is 0 Å². The van der Waals surface area contributed by atoms with Gasteiger partial charge in [0.05, 0.1) is 24.8 Å². The molecular formula is C11H11F4NO. The van der Waals surface area contributed by atoms with Gasteiger partial charge in [-0.15, -0.1) is 0 Å². The van der Waals surface area contributed by atoms with E-state index in [9.17, 15) is 17.6 Å². The minimum Gasteiger partial charge on any atom is -0.378 e. The van der Waals surface area contributed by atoms with Crippen molar-refractivity contribution in [2.24, 2.45) is 0 Å². The third-order valence-corrected chi connectivity index (χ3v) is 2.62. The Hall–Kier alpha value is -1.14. The first kappa shape index (κ1) is 12.3. The topological polar surface area (TPSA) is 21.3 Å². The van der Waals surface area contributed by atoms with E-state index in [1.165, 1.54) is 6.07 Å². The van der Waals surface area contributed by atoms with Crippen molar-refractivity contribution >= 4 is 0 Å². The van der Waals surface area contributed by atoms with Gasteiger partial charge < -0.3 is 10.1 Å². The molecule has 0 aliphatic carbocycles. The Labute approximate surface area is 95.6 Å². The minimum absolute atomic E-state index is 0.295. The van der Waals surface area contributed by atoms with Crippen LogP contribution in [0.15, 0.2) is 18.2 Å². The molecule has 0 spiro atoms. The largest absolute Gasteiger partial charge is 0.419 e. The van der Waals surface area contributed by atoms with Gasteiger partial charge in [0, 0.05) is 6.54 Å². The highest BCUT2D eigenvalue weighted by molar-refractivity contribution is 5.29. The van der Waals surface area contributed by atoms with Crippen LogP contribution in [0, 0.1) is 5.82 Å². The molecule has 0 bridgehead atoms. The molecule has 1 N–H and O–H groups in total. The molecule has 94 valence electrons. The van der Waals surface area contributed by atoms with Gasteiger partial charge in [0.25, 0.3) is 0 Å². The molecule has 1 saturated heterocycles. The number of ether oxygens (including phenoxy) is 1. The maximum atomic E-state index is 13.1. The Morgan fingerprint density at radius 2 is 2.06 bits per heavy atom. The standard InChI is InChI=1S/C11H11F4NO/c12-9-2-1-7(5-8(9)11(13,14)15)10-6-17-4-3-16-10/h1-2,5,10,16H,3-4,6H2/t10-/m0/s1. The van der Waals surface area contributed by atoms with E-state index in [0.717, 1.165) is 12.1 Å². The molecule has 1 aliphatic heterocycles. The summed E-state index contributed by atoms with van der Waals surface area (Å²) in [6.45, 7) is 1.40. The van der Waals surface area contributed by atoms with E-state index < -0.39 is 17.6 Å². The number of nitrogens with one attached hydrogen (secondary N) is 1. The van der Waals surface area contributed by atoms with Crippen LogP contribution in [0.25, 0.3) is 0 Å². The molecule has 1 aromatic rings. The molecule has 17 heavy (non-hydrogen) atoms. The van der Waals surface area contributed by atoms with Crippen LogP contribution in [-0.2, 0) is 10.9 Å². The van der Waals surface area contributed by atoms with Crippen molar-refractivity contribution in [1.29, 1.82) is 0 Å². The number of halogens is 4. The average Bonchev–Trinajstić information content (AvgIpc) is 2.29. The number of hydrogen-bond donors (Lipinski definition) is 1. The zero-order valence-corrected chi connectivity index (χ0v) is 8.85. The van der Waals surface area contributed by atoms with Crippen molar-refractivity contribution in [3.63, 3.8) is 0 Å². The summed E-state index contributed by atoms with van der Waals surface area (Å²) < 4.78 is 55.7. The van der Waals surface area contributed by atoms with Gasteiger partial charge in [-0.05, 0) is 17.7 Å². The van der Waals surface area contributed by atoms with Crippen molar-refractivity contribution in [1.82, 2.24) is 5.32 Å². The van der Waals surface area contributed by atoms with Crippen molar-refractivity contribution < 1.29 is 22.3 Å². The molecule has 0 unspecified atom stereocenters. The van der Waals surface area contributed by atoms with Crippen LogP contribution < -0.4 is 5.32 Å². The molecule has 1 aliphatic rings. The quantitative estimate of drug-likeness (QED) is 0.772. The fourth-order valence-corrected chi connectivity index (χ4v) is 1.76. The van der Waals surface area contributed by atoms with Gasteiger partial charge in [-0.1, -0.05) is 6.07 Å². The molecule has 1 heterocycles. The number of rotatable bonds is 1. The molecule has 0 radical (unpaired) electrons. The fourth-order valence-electron chi connectivity index (χ4n) is 1.76. The number of benzene rings is 1. The molecule has 0 aromatic heterocycles. The zero-order chi connectivity index (χ0) is 12.5. The minimum atomic E-state index is -4.67. The molecule has 1 fully saturated rings. The van der Waals surface area contributed by atoms with E-state index in [4.69, 9.17) is 4.74 Å². The van der Waals surface area contributed by atoms with Crippen molar-refractivity contribution in [2.75, 3.05) is 19.8 Å². The third kappa shape index (κ3) is 2.76. The van der Waals surface area contributed by atoms with Crippen molar-refractivity contribution in [2.45, 2.75) is 12.2 Å². The molecule has 6 heteroatoms. The molecule has 2 nitrogen and oxygen atoms in total. The predicted molar refractivity (Wildman–Crippen MR) is 53.0 cm³/mol. The van der Waals surface area contributed by atoms with Crippen LogP contribution in [-0.4, -0.2) is 19.8 Å². The number of morpholine rings is 1. The predicted octanol–water partition coefficient (Wildman–Crippen LogP) is 2.51. The van der Waals surface area contributed by atoms with Gasteiger partial charge >= 0.3 is 6.18 Å². The maximum Gasteiger partial charge on any atom is 0.419 e. The van der Waals surface area contributed by atoms with E-state index in [1.807, 2.05) is 0 Å². The van der Waals surface area contributed by atoms with Gasteiger partial charge in [-0.25, -0.2) is 4.39 Å². The zero-order valence-electron chi connectivity index (χ0n) is 8.85. The van der Waals surface area contributed by atoms with Gasteiger partial charge in [0.15, 0.2) is 0 Å². The molecule has 1 atom stereocenters. The van der Waals surface area contributed by atoms with Crippen molar-refractivity contribution in [3.05, 3.63) is 35.1 Å². The summed E-state index contributed by atoms with van der Waals surface area (Å²) in [6.07, 6.45) is -4.67. The Morgan fingerprint density at radius 3 is 2.65 bits per heavy atom. The summed E-state index contributed by atoms with van der Waals surface area (Å²) in [5.74, 6) is -1.25. The van der Waals surface area contributed by atoms with Crippen LogP contribution in [0.4, 0.5) is 17.6 Å². The second-order valence-corrected chi connectivity index (χ2v) is 3.82. The fraction of sp³-hybridized carbons (Fsp3) is 0.455. The maximum absolute atomic E-state index is 13.1. The van der Waals surface area contributed by atoms with E-state index in [2.05, 4.69) is 5.32 Å². The van der Waals surface area contributed by atoms with Crippen LogP contribution in [0.3, 0.4) is 0 Å². The average molecular weight is 249 g/mol. The lowest BCUT2D eigenvalue weighted by molar-refractivity contribution is -0.140. The first-order valence-electron chi connectivity index (χ1n) is 5.16. The first-order valence-corrected chi connectivity index (χ1v) is 5.16. The first-order chi connectivity index (χ1) is 7.98. The molecule has 1 aromatic carbocycles. The van der Waals surface area contributed by atoms with Crippen LogP contribution in [0.2, 0.25) is 0 Å². The van der Waals surface area contributed by atoms with Crippen LogP contribution in [0.5, 0.6) is 0 Å². The smallest absolute Gasteiger partial charge is 0.378 e. The van der Waals surface area contributed by atoms with Crippen molar-refractivity contribution in [3.8, 4) is 0 Å². The molecule has 0 saturated carbocycles. The van der Waals surface area contributed by atoms with E-state index in [0.29, 0.717) is 25.3 Å². The normalized spacial score (nSPS) is 21.5. The lowest BCUT2D eigenvalue weighted by atomic mass is 10.0. The van der Waals surface area contributed by atoms with E-state index in [1.54, 1.807) is 0 Å². The lowest BCUT2D eigenvalue weighted by Crippen LogP contribution is -2.34. The SMILES string of the molecule is Fc1ccc([C@@H]2COCCN2)cc1C(F)(F)F. The third-order valence-electron chi connectivity index (χ3n) is 2.62. The highest BCUT2D eigenvalue weighted by Gasteiger charge is 2.34. The summed E-state index contributed by atoms with van der Waals surface area (Å²) in [5, 5.41) is 3.02. The second kappa shape index (κ2) is 4.62. The van der Waals surface area contributed by atoms with Gasteiger partial charge in [-0.2, -0.15) is 13.2 Å². The molecular weight excluding hydrogens is 238 g/mol. The number of alkyl halides is 3. The van der Waals surface area contributed by atoms with Gasteiger partial charge in [0.1, 0.15) is 5.82 Å². The summed E-state index contributed by atoms with van der Waals surface area (Å²) >= 11 is 0. The highest BCUT2D eigenvalue weighted by atomic mass is 19.4. The summed E-state index contributed by atoms with van der Waals surface area (Å²) in [6, 6.07) is 2.71. The second-order valence-electron chi connectivity index (χ2n) is 3.82. The van der Waals surface area contributed by atoms with Gasteiger partial charge in [0.2, 0.25) is 0 Å². The molecule has 2 rings (SSSR count). The van der Waals surface area contributed by atoms with Gasteiger partial charge in [-0.3, -0.25) is 0 Å². The van der Waals surface area contributed by atoms with E-state index >= 15 is 0 Å². The van der Waals surface area contributed by atoms with Crippen LogP contribution in [0.1, 0.15) is 17.2 Å². The highest BCUT2D eigenvalue weighted by Crippen LogP contribution is 2.33. The Morgan fingerprint density at radius 1 is 1.29 bits per heavy atom. The lowest BCUT2D eigenvalue weighted by Gasteiger charge is -2.24. The summed E-state index contributed by atoms with van der Waals surface area (Å²) in [4.78, 5) is 0. The molecule has 0 amide bonds. The Balaban J connectivity index is 2.30. The summed E-state index contributed by atoms with van der Waals surface area (Å²) in [7, 11) is 0.